The second kappa shape index (κ2) is 6.48. The van der Waals surface area contributed by atoms with Crippen LogP contribution < -0.4 is 0 Å². The molecular weight excluding hydrogens is 340 g/mol. The Balaban J connectivity index is 1.56. The van der Waals surface area contributed by atoms with Crippen molar-refractivity contribution in [1.82, 2.24) is 20.0 Å². The van der Waals surface area contributed by atoms with E-state index in [1.54, 1.807) is 23.8 Å². The second-order valence-electron chi connectivity index (χ2n) is 5.50. The summed E-state index contributed by atoms with van der Waals surface area (Å²) in [5, 5.41) is 5.35. The van der Waals surface area contributed by atoms with Crippen LogP contribution in [0.1, 0.15) is 27.3 Å². The largest absolute Gasteiger partial charge is 0.472 e. The third-order valence-electron chi connectivity index (χ3n) is 3.90. The van der Waals surface area contributed by atoms with E-state index in [2.05, 4.69) is 9.97 Å². The molecule has 126 valence electrons. The predicted molar refractivity (Wildman–Crippen MR) is 90.7 cm³/mol. The second-order valence-corrected chi connectivity index (χ2v) is 6.36. The van der Waals surface area contributed by atoms with Gasteiger partial charge in [-0.15, -0.1) is 11.3 Å². The number of carbonyl (C=O) groups is 2. The van der Waals surface area contributed by atoms with Gasteiger partial charge in [-0.05, 0) is 24.6 Å². The minimum absolute atomic E-state index is 0.248. The van der Waals surface area contributed by atoms with Crippen molar-refractivity contribution < 1.29 is 14.0 Å². The zero-order valence-corrected chi connectivity index (χ0v) is 14.0. The lowest BCUT2D eigenvalue weighted by Crippen LogP contribution is -2.44. The molecule has 1 aliphatic rings. The first-order valence-corrected chi connectivity index (χ1v) is 8.64. The van der Waals surface area contributed by atoms with E-state index >= 15 is 0 Å². The third kappa shape index (κ3) is 2.91. The number of pyridine rings is 1. The van der Waals surface area contributed by atoms with E-state index in [1.165, 1.54) is 33.9 Å². The first kappa shape index (κ1) is 15.5. The third-order valence-corrected chi connectivity index (χ3v) is 4.79. The molecule has 3 aromatic heterocycles. The maximum absolute atomic E-state index is 12.8. The Morgan fingerprint density at radius 2 is 2.00 bits per heavy atom. The van der Waals surface area contributed by atoms with Gasteiger partial charge in [0.1, 0.15) is 17.0 Å². The molecule has 0 aliphatic carbocycles. The van der Waals surface area contributed by atoms with Gasteiger partial charge in [0.25, 0.3) is 11.8 Å². The number of thiazole rings is 1. The van der Waals surface area contributed by atoms with Gasteiger partial charge in [-0.1, -0.05) is 0 Å². The molecule has 4 rings (SSSR count). The number of carbonyl (C=O) groups excluding carboxylic acids is 2. The van der Waals surface area contributed by atoms with Crippen LogP contribution in [0.4, 0.5) is 0 Å². The first-order chi connectivity index (χ1) is 12.2. The predicted octanol–water partition coefficient (Wildman–Crippen LogP) is 2.70. The first-order valence-electron chi connectivity index (χ1n) is 7.76. The molecule has 8 heteroatoms. The Morgan fingerprint density at radius 3 is 2.72 bits per heavy atom. The van der Waals surface area contributed by atoms with Crippen LogP contribution in [0.5, 0.6) is 0 Å². The number of rotatable bonds is 3. The molecule has 0 aromatic carbocycles. The fourth-order valence-corrected chi connectivity index (χ4v) is 3.48. The van der Waals surface area contributed by atoms with Gasteiger partial charge >= 0.3 is 0 Å². The molecule has 1 fully saturated rings. The van der Waals surface area contributed by atoms with Gasteiger partial charge < -0.3 is 4.42 Å². The van der Waals surface area contributed by atoms with Crippen molar-refractivity contribution in [3.8, 4) is 10.6 Å². The fourth-order valence-electron chi connectivity index (χ4n) is 2.70. The van der Waals surface area contributed by atoms with Crippen molar-refractivity contribution in [2.45, 2.75) is 6.42 Å². The number of hydrogen-bond donors (Lipinski definition) is 0. The SMILES string of the molecule is O=C(c1ccoc1)N1CCCN1C(=O)c1csc(-c2cccnc2)n1. The molecule has 0 N–H and O–H groups in total. The standard InChI is InChI=1S/C17H14N4O3S/c22-16(13-4-8-24-10-13)20-6-2-7-21(20)17(23)14-11-25-15(19-14)12-3-1-5-18-9-12/h1,3-5,8-11H,2,6-7H2. The molecule has 0 radical (unpaired) electrons. The number of nitrogens with zero attached hydrogens (tertiary/aromatic N) is 4. The maximum atomic E-state index is 12.8. The minimum Gasteiger partial charge on any atom is -0.472 e. The lowest BCUT2D eigenvalue weighted by atomic mass is 10.3. The van der Waals surface area contributed by atoms with Gasteiger partial charge in [-0.2, -0.15) is 0 Å². The Kier molecular flexibility index (Phi) is 4.02. The summed E-state index contributed by atoms with van der Waals surface area (Å²) in [6.07, 6.45) is 6.95. The number of aromatic nitrogens is 2. The Bertz CT molecular complexity index is 892. The van der Waals surface area contributed by atoms with Crippen molar-refractivity contribution in [2.24, 2.45) is 0 Å². The van der Waals surface area contributed by atoms with Crippen LogP contribution in [-0.4, -0.2) is 44.9 Å². The van der Waals surface area contributed by atoms with Gasteiger partial charge in [-0.25, -0.2) is 15.0 Å². The van der Waals surface area contributed by atoms with Gasteiger partial charge in [0.15, 0.2) is 0 Å². The van der Waals surface area contributed by atoms with Crippen molar-refractivity contribution >= 4 is 23.2 Å². The van der Waals surface area contributed by atoms with E-state index in [4.69, 9.17) is 4.42 Å². The van der Waals surface area contributed by atoms with E-state index in [0.717, 1.165) is 17.0 Å². The normalized spacial score (nSPS) is 14.1. The summed E-state index contributed by atoms with van der Waals surface area (Å²) < 4.78 is 4.96. The zero-order valence-electron chi connectivity index (χ0n) is 13.2. The van der Waals surface area contributed by atoms with Crippen molar-refractivity contribution in [1.29, 1.82) is 0 Å². The van der Waals surface area contributed by atoms with Crippen LogP contribution in [0, 0.1) is 0 Å². The average Bonchev–Trinajstić information content (AvgIpc) is 3.42. The Labute approximate surface area is 147 Å². The van der Waals surface area contributed by atoms with Crippen LogP contribution in [0.3, 0.4) is 0 Å². The molecule has 25 heavy (non-hydrogen) atoms. The molecule has 0 saturated carbocycles. The van der Waals surface area contributed by atoms with Crippen LogP contribution >= 0.6 is 11.3 Å². The lowest BCUT2D eigenvalue weighted by molar-refractivity contribution is 0.0182. The van der Waals surface area contributed by atoms with Gasteiger partial charge in [0.2, 0.25) is 0 Å². The van der Waals surface area contributed by atoms with Crippen molar-refractivity contribution in [3.63, 3.8) is 0 Å². The molecule has 1 saturated heterocycles. The molecule has 0 bridgehead atoms. The number of hydrazine groups is 1. The van der Waals surface area contributed by atoms with Crippen molar-refractivity contribution in [2.75, 3.05) is 13.1 Å². The molecular formula is C17H14N4O3S. The molecule has 1 aliphatic heterocycles. The molecule has 3 aromatic rings. The molecule has 0 atom stereocenters. The van der Waals surface area contributed by atoms with E-state index < -0.39 is 0 Å². The van der Waals surface area contributed by atoms with Crippen LogP contribution in [-0.2, 0) is 0 Å². The molecule has 7 nitrogen and oxygen atoms in total. The highest BCUT2D eigenvalue weighted by molar-refractivity contribution is 7.13. The molecule has 0 unspecified atom stereocenters. The van der Waals surface area contributed by atoms with E-state index in [9.17, 15) is 9.59 Å². The van der Waals surface area contributed by atoms with Gasteiger partial charge in [0, 0.05) is 36.4 Å². The fraction of sp³-hybridized carbons (Fsp3) is 0.176. The average molecular weight is 354 g/mol. The van der Waals surface area contributed by atoms with Crippen LogP contribution in [0.2, 0.25) is 0 Å². The zero-order chi connectivity index (χ0) is 17.2. The van der Waals surface area contributed by atoms with Crippen molar-refractivity contribution in [3.05, 3.63) is 59.8 Å². The number of furan rings is 1. The quantitative estimate of drug-likeness (QED) is 0.722. The summed E-state index contributed by atoms with van der Waals surface area (Å²) >= 11 is 1.38. The summed E-state index contributed by atoms with van der Waals surface area (Å²) in [5.41, 5.74) is 1.61. The van der Waals surface area contributed by atoms with E-state index in [1.807, 2.05) is 12.1 Å². The van der Waals surface area contributed by atoms with E-state index in [0.29, 0.717) is 24.3 Å². The van der Waals surface area contributed by atoms with Crippen LogP contribution in [0.15, 0.2) is 52.9 Å². The highest BCUT2D eigenvalue weighted by Gasteiger charge is 2.33. The molecule has 0 spiro atoms. The molecule has 4 heterocycles. The Morgan fingerprint density at radius 1 is 1.16 bits per heavy atom. The van der Waals surface area contributed by atoms with Crippen LogP contribution in [0.25, 0.3) is 10.6 Å². The topological polar surface area (TPSA) is 79.5 Å². The highest BCUT2D eigenvalue weighted by atomic mass is 32.1. The monoisotopic (exact) mass is 354 g/mol. The summed E-state index contributed by atoms with van der Waals surface area (Å²) in [4.78, 5) is 33.8. The number of amides is 2. The smallest absolute Gasteiger partial charge is 0.291 e. The van der Waals surface area contributed by atoms with Gasteiger partial charge in [0.05, 0.1) is 11.8 Å². The summed E-state index contributed by atoms with van der Waals surface area (Å²) in [5.74, 6) is -0.525. The lowest BCUT2D eigenvalue weighted by Gasteiger charge is -2.26. The summed E-state index contributed by atoms with van der Waals surface area (Å²) in [6, 6.07) is 5.31. The Hall–Kier alpha value is -3.00. The molecule has 2 amide bonds. The summed E-state index contributed by atoms with van der Waals surface area (Å²) in [6.45, 7) is 0.984. The minimum atomic E-state index is -0.277. The highest BCUT2D eigenvalue weighted by Crippen LogP contribution is 2.25. The van der Waals surface area contributed by atoms with Gasteiger partial charge in [-0.3, -0.25) is 14.6 Å². The van der Waals surface area contributed by atoms with E-state index in [-0.39, 0.29) is 11.8 Å². The summed E-state index contributed by atoms with van der Waals surface area (Å²) in [7, 11) is 0. The maximum Gasteiger partial charge on any atom is 0.291 e. The number of hydrogen-bond acceptors (Lipinski definition) is 6.